The van der Waals surface area contributed by atoms with E-state index in [0.717, 1.165) is 49.5 Å². The van der Waals surface area contributed by atoms with E-state index in [-0.39, 0.29) is 10.8 Å². The summed E-state index contributed by atoms with van der Waals surface area (Å²) >= 11 is 5.51. The van der Waals surface area contributed by atoms with Gasteiger partial charge in [0.2, 0.25) is 0 Å². The fourth-order valence-electron chi connectivity index (χ4n) is 4.12. The lowest BCUT2D eigenvalue weighted by atomic mass is 10.0. The Morgan fingerprint density at radius 2 is 1.73 bits per heavy atom. The molecule has 0 radical (unpaired) electrons. The zero-order valence-electron chi connectivity index (χ0n) is 18.5. The van der Waals surface area contributed by atoms with Crippen LogP contribution in [0.2, 0.25) is 0 Å². The van der Waals surface area contributed by atoms with E-state index >= 15 is 0 Å². The van der Waals surface area contributed by atoms with Crippen LogP contribution in [0.25, 0.3) is 0 Å². The number of carbonyl (C=O) groups excluding carboxylic acids is 1. The van der Waals surface area contributed by atoms with Crippen molar-refractivity contribution in [3.63, 3.8) is 0 Å². The summed E-state index contributed by atoms with van der Waals surface area (Å²) in [4.78, 5) is 20.0. The van der Waals surface area contributed by atoms with Crippen molar-refractivity contribution in [3.8, 4) is 12.3 Å². The van der Waals surface area contributed by atoms with Gasteiger partial charge in [0.05, 0.1) is 22.9 Å². The van der Waals surface area contributed by atoms with Crippen LogP contribution >= 0.6 is 12.2 Å². The fraction of sp³-hybridized carbons (Fsp3) is 0.545. The molecule has 7 nitrogen and oxygen atoms in total. The highest BCUT2D eigenvalue weighted by molar-refractivity contribution is 7.80. The first-order chi connectivity index (χ1) is 15.5. The minimum Gasteiger partial charge on any atom is -0.334 e. The second-order valence-electron chi connectivity index (χ2n) is 8.61. The molecule has 2 aliphatic heterocycles. The number of anilines is 1. The van der Waals surface area contributed by atoms with Crippen LogP contribution in [-0.4, -0.2) is 70.5 Å². The minimum absolute atomic E-state index is 0.00210. The molecule has 0 aliphatic carbocycles. The Bertz CT molecular complexity index is 1000. The van der Waals surface area contributed by atoms with Gasteiger partial charge >= 0.3 is 6.18 Å². The summed E-state index contributed by atoms with van der Waals surface area (Å²) in [6.07, 6.45) is -0.949. The Labute approximate surface area is 196 Å². The number of thiocarbonyl (C=S) groups is 1. The Morgan fingerprint density at radius 1 is 1.09 bits per heavy atom. The van der Waals surface area contributed by atoms with E-state index in [2.05, 4.69) is 11.1 Å². The number of nitriles is 2. The average molecular weight is 479 g/mol. The summed E-state index contributed by atoms with van der Waals surface area (Å²) in [5.41, 5.74) is -2.59. The van der Waals surface area contributed by atoms with Gasteiger partial charge in [0.15, 0.2) is 11.3 Å². The standard InChI is InChI=1S/C22H25F3N6OS/c1-21(2)19(32)31(17-6-5-16(14-26)18(13-17)22(23,24)25)20(33)30(21)8-4-3-7-28-9-11-29(15-27)12-10-28/h5-6,13H,3-4,7-12H2,1-2H3. The number of rotatable bonds is 6. The highest BCUT2D eigenvalue weighted by Gasteiger charge is 2.49. The van der Waals surface area contributed by atoms with E-state index in [1.165, 1.54) is 6.07 Å². The predicted molar refractivity (Wildman–Crippen MR) is 120 cm³/mol. The molecule has 0 N–H and O–H groups in total. The van der Waals surface area contributed by atoms with Crippen molar-refractivity contribution in [1.82, 2.24) is 14.7 Å². The first-order valence-corrected chi connectivity index (χ1v) is 11.1. The molecule has 0 spiro atoms. The van der Waals surface area contributed by atoms with Gasteiger partial charge in [-0.2, -0.15) is 23.7 Å². The topological polar surface area (TPSA) is 77.6 Å². The molecule has 0 saturated carbocycles. The second kappa shape index (κ2) is 9.54. The monoisotopic (exact) mass is 478 g/mol. The third-order valence-electron chi connectivity index (χ3n) is 6.13. The molecule has 1 aromatic carbocycles. The van der Waals surface area contributed by atoms with E-state index in [1.807, 2.05) is 0 Å². The van der Waals surface area contributed by atoms with Crippen LogP contribution < -0.4 is 4.90 Å². The van der Waals surface area contributed by atoms with Crippen molar-refractivity contribution in [2.75, 3.05) is 44.2 Å². The minimum atomic E-state index is -4.72. The summed E-state index contributed by atoms with van der Waals surface area (Å²) in [6.45, 7) is 7.86. The van der Waals surface area contributed by atoms with Gasteiger partial charge < -0.3 is 9.80 Å². The summed E-state index contributed by atoms with van der Waals surface area (Å²) in [7, 11) is 0. The van der Waals surface area contributed by atoms with Crippen LogP contribution in [-0.2, 0) is 11.0 Å². The number of piperazine rings is 1. The summed E-state index contributed by atoms with van der Waals surface area (Å²) < 4.78 is 40.2. The number of amides is 1. The lowest BCUT2D eigenvalue weighted by molar-refractivity contribution is -0.137. The molecule has 2 heterocycles. The van der Waals surface area contributed by atoms with E-state index in [9.17, 15) is 18.0 Å². The SMILES string of the molecule is CC1(C)C(=O)N(c2ccc(C#N)c(C(F)(F)F)c2)C(=S)N1CCCCN1CCN(C#N)CC1. The number of halogens is 3. The zero-order valence-corrected chi connectivity index (χ0v) is 19.3. The van der Waals surface area contributed by atoms with E-state index in [1.54, 1.807) is 29.7 Å². The Hall–Kier alpha value is -2.89. The molecule has 0 bridgehead atoms. The molecule has 2 saturated heterocycles. The smallest absolute Gasteiger partial charge is 0.334 e. The van der Waals surface area contributed by atoms with Crippen molar-refractivity contribution in [2.45, 2.75) is 38.4 Å². The fourth-order valence-corrected chi connectivity index (χ4v) is 4.63. The average Bonchev–Trinajstić information content (AvgIpc) is 2.94. The molecular formula is C22H25F3N6OS. The molecule has 3 rings (SSSR count). The third kappa shape index (κ3) is 5.05. The molecule has 1 aromatic rings. The summed E-state index contributed by atoms with van der Waals surface area (Å²) in [5, 5.41) is 18.1. The van der Waals surface area contributed by atoms with Crippen LogP contribution in [0, 0.1) is 22.8 Å². The number of unbranched alkanes of at least 4 members (excludes halogenated alkanes) is 1. The molecule has 1 amide bonds. The molecule has 2 fully saturated rings. The van der Waals surface area contributed by atoms with Crippen molar-refractivity contribution in [3.05, 3.63) is 29.3 Å². The van der Waals surface area contributed by atoms with Crippen LogP contribution in [0.15, 0.2) is 18.2 Å². The Balaban J connectivity index is 1.68. The van der Waals surface area contributed by atoms with Crippen LogP contribution in [0.1, 0.15) is 37.8 Å². The number of benzene rings is 1. The van der Waals surface area contributed by atoms with Crippen molar-refractivity contribution in [1.29, 1.82) is 10.5 Å². The van der Waals surface area contributed by atoms with Crippen molar-refractivity contribution < 1.29 is 18.0 Å². The highest BCUT2D eigenvalue weighted by Crippen LogP contribution is 2.37. The van der Waals surface area contributed by atoms with Gasteiger partial charge in [-0.05, 0) is 63.7 Å². The van der Waals surface area contributed by atoms with Crippen molar-refractivity contribution in [2.24, 2.45) is 0 Å². The van der Waals surface area contributed by atoms with Gasteiger partial charge in [-0.1, -0.05) is 0 Å². The predicted octanol–water partition coefficient (Wildman–Crippen LogP) is 3.17. The van der Waals surface area contributed by atoms with Gasteiger partial charge in [-0.3, -0.25) is 14.6 Å². The molecule has 33 heavy (non-hydrogen) atoms. The van der Waals surface area contributed by atoms with Gasteiger partial charge in [0, 0.05) is 32.7 Å². The lowest BCUT2D eigenvalue weighted by Crippen LogP contribution is -2.45. The van der Waals surface area contributed by atoms with Gasteiger partial charge in [-0.15, -0.1) is 0 Å². The van der Waals surface area contributed by atoms with Crippen LogP contribution in [0.3, 0.4) is 0 Å². The molecule has 2 aliphatic rings. The van der Waals surface area contributed by atoms with Gasteiger partial charge in [-0.25, -0.2) is 0 Å². The van der Waals surface area contributed by atoms with Gasteiger partial charge in [0.25, 0.3) is 5.91 Å². The van der Waals surface area contributed by atoms with E-state index < -0.39 is 28.7 Å². The third-order valence-corrected chi connectivity index (χ3v) is 6.53. The maximum absolute atomic E-state index is 13.4. The number of hydrogen-bond acceptors (Lipinski definition) is 6. The molecule has 0 atom stereocenters. The van der Waals surface area contributed by atoms with Crippen LogP contribution in [0.4, 0.5) is 18.9 Å². The zero-order chi connectivity index (χ0) is 24.4. The molecule has 0 aromatic heterocycles. The first kappa shape index (κ1) is 24.7. The number of alkyl halides is 3. The quantitative estimate of drug-likeness (QED) is 0.353. The highest BCUT2D eigenvalue weighted by atomic mass is 32.1. The van der Waals surface area contributed by atoms with Crippen LogP contribution in [0.5, 0.6) is 0 Å². The Kier molecular flexibility index (Phi) is 7.15. The Morgan fingerprint density at radius 3 is 2.30 bits per heavy atom. The lowest BCUT2D eigenvalue weighted by Gasteiger charge is -2.32. The number of hydrogen-bond donors (Lipinski definition) is 0. The second-order valence-corrected chi connectivity index (χ2v) is 8.97. The molecule has 0 unspecified atom stereocenters. The summed E-state index contributed by atoms with van der Waals surface area (Å²) in [6, 6.07) is 4.74. The first-order valence-electron chi connectivity index (χ1n) is 10.6. The molecular weight excluding hydrogens is 453 g/mol. The van der Waals surface area contributed by atoms with E-state index in [4.69, 9.17) is 22.7 Å². The number of nitrogens with zero attached hydrogens (tertiary/aromatic N) is 6. The maximum atomic E-state index is 13.4. The largest absolute Gasteiger partial charge is 0.417 e. The number of carbonyl (C=O) groups is 1. The summed E-state index contributed by atoms with van der Waals surface area (Å²) in [5.74, 6) is -0.405. The van der Waals surface area contributed by atoms with Gasteiger partial charge in [0.1, 0.15) is 5.54 Å². The van der Waals surface area contributed by atoms with E-state index in [0.29, 0.717) is 19.6 Å². The van der Waals surface area contributed by atoms with Crippen molar-refractivity contribution >= 4 is 28.9 Å². The molecule has 176 valence electrons. The normalized spacial score (nSPS) is 19.1. The maximum Gasteiger partial charge on any atom is 0.417 e. The molecule has 11 heteroatoms.